The van der Waals surface area contributed by atoms with Crippen molar-refractivity contribution in [3.8, 4) is 5.75 Å². The smallest absolute Gasteiger partial charge is 0.231 e. The molecular weight excluding hydrogens is 456 g/mol. The Morgan fingerprint density at radius 2 is 1.77 bits per heavy atom. The number of ether oxygens (including phenoxy) is 2. The molecule has 12 heteroatoms. The second kappa shape index (κ2) is 10.3. The number of anilines is 3. The van der Waals surface area contributed by atoms with Gasteiger partial charge >= 0.3 is 0 Å². The summed E-state index contributed by atoms with van der Waals surface area (Å²) in [6.07, 6.45) is 0.793. The number of nitrogens with zero attached hydrogens (tertiary/aromatic N) is 3. The summed E-state index contributed by atoms with van der Waals surface area (Å²) < 4.78 is 11.0. The number of aromatic nitrogens is 4. The third kappa shape index (κ3) is 5.16. The SMILES string of the molecule is OC[C@H]1O[C@@H](Oc2ccc(Nc3nc(NC4CCCCC4)c4[nH]cnc4n3)cc2)[C@H](O)[C@@H](O)[C@H]1O. The van der Waals surface area contributed by atoms with E-state index >= 15 is 0 Å². The first-order valence-electron chi connectivity index (χ1n) is 11.8. The number of aliphatic hydroxyl groups excluding tert-OH is 4. The third-order valence-corrected chi connectivity index (χ3v) is 6.44. The van der Waals surface area contributed by atoms with Gasteiger partial charge in [0.1, 0.15) is 35.7 Å². The van der Waals surface area contributed by atoms with Crippen LogP contribution in [-0.2, 0) is 4.74 Å². The number of imidazole rings is 1. The Hall–Kier alpha value is -3.03. The van der Waals surface area contributed by atoms with Crippen molar-refractivity contribution >= 4 is 28.6 Å². The zero-order valence-electron chi connectivity index (χ0n) is 19.0. The van der Waals surface area contributed by atoms with E-state index in [2.05, 4.69) is 30.6 Å². The normalized spacial score (nSPS) is 27.6. The molecule has 2 aromatic heterocycles. The molecule has 2 aliphatic rings. The van der Waals surface area contributed by atoms with Gasteiger partial charge in [-0.15, -0.1) is 0 Å². The maximum absolute atomic E-state index is 10.2. The molecule has 5 atom stereocenters. The predicted octanol–water partition coefficient (Wildman–Crippen LogP) is 1.02. The summed E-state index contributed by atoms with van der Waals surface area (Å²) in [5.74, 6) is 1.47. The summed E-state index contributed by atoms with van der Waals surface area (Å²) in [4.78, 5) is 16.5. The van der Waals surface area contributed by atoms with Crippen LogP contribution in [0.15, 0.2) is 30.6 Å². The lowest BCUT2D eigenvalue weighted by atomic mass is 9.95. The molecular formula is C23H30N6O6. The monoisotopic (exact) mass is 486 g/mol. The molecule has 1 saturated heterocycles. The lowest BCUT2D eigenvalue weighted by molar-refractivity contribution is -0.277. The highest BCUT2D eigenvalue weighted by Gasteiger charge is 2.44. The average Bonchev–Trinajstić information content (AvgIpc) is 3.35. The van der Waals surface area contributed by atoms with E-state index in [1.54, 1.807) is 30.6 Å². The molecule has 1 aromatic carbocycles. The largest absolute Gasteiger partial charge is 0.462 e. The molecule has 12 nitrogen and oxygen atoms in total. The zero-order chi connectivity index (χ0) is 24.4. The Morgan fingerprint density at radius 3 is 2.51 bits per heavy atom. The highest BCUT2D eigenvalue weighted by Crippen LogP contribution is 2.28. The van der Waals surface area contributed by atoms with E-state index in [1.165, 1.54) is 19.3 Å². The molecule has 1 aliphatic carbocycles. The Kier molecular flexibility index (Phi) is 6.97. The minimum atomic E-state index is -1.50. The van der Waals surface area contributed by atoms with Gasteiger partial charge in [0, 0.05) is 11.7 Å². The van der Waals surface area contributed by atoms with Gasteiger partial charge in [0.2, 0.25) is 12.2 Å². The summed E-state index contributed by atoms with van der Waals surface area (Å²) in [6.45, 7) is -0.522. The van der Waals surface area contributed by atoms with E-state index < -0.39 is 37.3 Å². The van der Waals surface area contributed by atoms with Gasteiger partial charge in [-0.25, -0.2) is 4.98 Å². The number of fused-ring (bicyclic) bond motifs is 1. The molecule has 2 fully saturated rings. The summed E-state index contributed by atoms with van der Waals surface area (Å²) in [5.41, 5.74) is 2.03. The Morgan fingerprint density at radius 1 is 1.00 bits per heavy atom. The first-order valence-corrected chi connectivity index (χ1v) is 11.8. The number of hydrogen-bond acceptors (Lipinski definition) is 11. The summed E-state index contributed by atoms with van der Waals surface area (Å²) in [5, 5.41) is 46.0. The molecule has 3 aromatic rings. The highest BCUT2D eigenvalue weighted by atomic mass is 16.7. The third-order valence-electron chi connectivity index (χ3n) is 6.44. The minimum Gasteiger partial charge on any atom is -0.462 e. The molecule has 188 valence electrons. The van der Waals surface area contributed by atoms with Crippen molar-refractivity contribution in [3.05, 3.63) is 30.6 Å². The summed E-state index contributed by atoms with van der Waals surface area (Å²) >= 11 is 0. The second-order valence-electron chi connectivity index (χ2n) is 8.94. The van der Waals surface area contributed by atoms with Crippen LogP contribution in [0.2, 0.25) is 0 Å². The number of nitrogens with one attached hydrogen (secondary N) is 3. The van der Waals surface area contributed by atoms with Crippen LogP contribution >= 0.6 is 0 Å². The minimum absolute atomic E-state index is 0.364. The van der Waals surface area contributed by atoms with Crippen LogP contribution in [0.1, 0.15) is 32.1 Å². The lowest BCUT2D eigenvalue weighted by Crippen LogP contribution is -2.60. The fourth-order valence-electron chi connectivity index (χ4n) is 4.48. The van der Waals surface area contributed by atoms with Crippen molar-refractivity contribution in [2.24, 2.45) is 0 Å². The van der Waals surface area contributed by atoms with E-state index in [0.29, 0.717) is 34.9 Å². The zero-order valence-corrected chi connectivity index (χ0v) is 19.0. The van der Waals surface area contributed by atoms with Gasteiger partial charge < -0.3 is 45.5 Å². The number of aromatic amines is 1. The summed E-state index contributed by atoms with van der Waals surface area (Å²) in [7, 11) is 0. The number of benzene rings is 1. The van der Waals surface area contributed by atoms with E-state index in [4.69, 9.17) is 9.47 Å². The van der Waals surface area contributed by atoms with Crippen LogP contribution in [0.25, 0.3) is 11.2 Å². The average molecular weight is 487 g/mol. The fourth-order valence-corrected chi connectivity index (χ4v) is 4.48. The van der Waals surface area contributed by atoms with E-state index in [9.17, 15) is 20.4 Å². The first-order chi connectivity index (χ1) is 17.0. The van der Waals surface area contributed by atoms with Crippen LogP contribution in [-0.4, -0.2) is 83.7 Å². The van der Waals surface area contributed by atoms with Crippen LogP contribution in [0.5, 0.6) is 5.75 Å². The van der Waals surface area contributed by atoms with Gasteiger partial charge in [-0.2, -0.15) is 9.97 Å². The lowest BCUT2D eigenvalue weighted by Gasteiger charge is -2.39. The molecule has 1 saturated carbocycles. The van der Waals surface area contributed by atoms with Crippen LogP contribution < -0.4 is 15.4 Å². The predicted molar refractivity (Wildman–Crippen MR) is 126 cm³/mol. The van der Waals surface area contributed by atoms with Gasteiger partial charge in [-0.05, 0) is 37.1 Å². The summed E-state index contributed by atoms with van der Waals surface area (Å²) in [6, 6.07) is 7.16. The number of rotatable bonds is 7. The number of H-pyrrole nitrogens is 1. The molecule has 0 radical (unpaired) electrons. The van der Waals surface area contributed by atoms with E-state index in [1.807, 2.05) is 0 Å². The Balaban J connectivity index is 1.27. The molecule has 0 bridgehead atoms. The van der Waals surface area contributed by atoms with Crippen molar-refractivity contribution in [1.29, 1.82) is 0 Å². The quantitative estimate of drug-likeness (QED) is 0.254. The molecule has 0 unspecified atom stereocenters. The molecule has 35 heavy (non-hydrogen) atoms. The number of hydrogen-bond donors (Lipinski definition) is 7. The molecule has 3 heterocycles. The topological polar surface area (TPSA) is 178 Å². The van der Waals surface area contributed by atoms with Crippen LogP contribution in [0.3, 0.4) is 0 Å². The molecule has 5 rings (SSSR count). The second-order valence-corrected chi connectivity index (χ2v) is 8.94. The highest BCUT2D eigenvalue weighted by molar-refractivity contribution is 5.84. The molecule has 1 aliphatic heterocycles. The van der Waals surface area contributed by atoms with Gasteiger partial charge in [0.15, 0.2) is 11.5 Å². The maximum atomic E-state index is 10.2. The first kappa shape index (κ1) is 23.7. The van der Waals surface area contributed by atoms with Crippen molar-refractivity contribution in [3.63, 3.8) is 0 Å². The Bertz CT molecular complexity index is 1120. The molecule has 0 spiro atoms. The standard InChI is InChI=1S/C23H30N6O6/c30-10-15-17(31)18(32)19(33)22(35-15)34-14-8-6-13(7-9-14)27-23-28-20-16(24-11-25-20)21(29-23)26-12-4-2-1-3-5-12/h6-9,11-12,15,17-19,22,30-33H,1-5,10H2,(H3,24,25,26,27,28,29)/t15-,17+,18+,19-,22-/m1/s1. The Labute approximate surface area is 201 Å². The van der Waals surface area contributed by atoms with Crippen LogP contribution in [0.4, 0.5) is 17.5 Å². The number of aliphatic hydroxyl groups is 4. The van der Waals surface area contributed by atoms with Gasteiger partial charge in [0.25, 0.3) is 0 Å². The maximum Gasteiger partial charge on any atom is 0.231 e. The van der Waals surface area contributed by atoms with Gasteiger partial charge in [0.05, 0.1) is 12.9 Å². The molecule has 0 amide bonds. The van der Waals surface area contributed by atoms with Crippen molar-refractivity contribution < 1.29 is 29.9 Å². The van der Waals surface area contributed by atoms with Crippen molar-refractivity contribution in [2.45, 2.75) is 68.9 Å². The van der Waals surface area contributed by atoms with Crippen LogP contribution in [0, 0.1) is 0 Å². The van der Waals surface area contributed by atoms with Crippen molar-refractivity contribution in [2.75, 3.05) is 17.2 Å². The fraction of sp³-hybridized carbons (Fsp3) is 0.522. The van der Waals surface area contributed by atoms with Crippen molar-refractivity contribution in [1.82, 2.24) is 19.9 Å². The van der Waals surface area contributed by atoms with Gasteiger partial charge in [-0.1, -0.05) is 19.3 Å². The van der Waals surface area contributed by atoms with Gasteiger partial charge in [-0.3, -0.25) is 0 Å². The molecule has 7 N–H and O–H groups in total. The van der Waals surface area contributed by atoms with E-state index in [0.717, 1.165) is 18.4 Å². The van der Waals surface area contributed by atoms with E-state index in [-0.39, 0.29) is 0 Å².